The molecule has 0 aromatic heterocycles. The van der Waals surface area contributed by atoms with Crippen LogP contribution >= 0.6 is 0 Å². The van der Waals surface area contributed by atoms with E-state index in [9.17, 15) is 0 Å². The second kappa shape index (κ2) is 4.51. The fourth-order valence-electron chi connectivity index (χ4n) is 1.36. The Hall–Kier alpha value is -0.0301. The quantitative estimate of drug-likeness (QED) is 0.721. The predicted octanol–water partition coefficient (Wildman–Crippen LogP) is 2.25. The second-order valence-electron chi connectivity index (χ2n) is 6.80. The van der Waals surface area contributed by atoms with Gasteiger partial charge in [0.15, 0.2) is 0 Å². The summed E-state index contributed by atoms with van der Waals surface area (Å²) < 4.78 is 22.5. The summed E-state index contributed by atoms with van der Waals surface area (Å²) in [5, 5.41) is 0. The van der Waals surface area contributed by atoms with Gasteiger partial charge in [-0.05, 0) is 55.4 Å². The van der Waals surface area contributed by atoms with Crippen LogP contribution in [0.15, 0.2) is 0 Å². The molecule has 1 rings (SSSR count). The van der Waals surface area contributed by atoms with Gasteiger partial charge in [-0.1, -0.05) is 0 Å². The molecule has 0 saturated carbocycles. The molecule has 6 heteroatoms. The number of hydrogen-bond acceptors (Lipinski definition) is 4. The van der Waals surface area contributed by atoms with Gasteiger partial charge in [0.05, 0.1) is 22.4 Å². The maximum atomic E-state index is 5.88. The van der Waals surface area contributed by atoms with Crippen molar-refractivity contribution in [1.29, 1.82) is 0 Å². The smallest absolute Gasteiger partial charge is 0.440 e. The highest BCUT2D eigenvalue weighted by atomic mass is 16.8. The van der Waals surface area contributed by atoms with Crippen LogP contribution in [-0.2, 0) is 18.6 Å². The fraction of sp³-hybridized carbons (Fsp3) is 1.00. The molecule has 1 saturated heterocycles. The van der Waals surface area contributed by atoms with Crippen LogP contribution in [0.4, 0.5) is 0 Å². The lowest BCUT2D eigenvalue weighted by Crippen LogP contribution is -2.52. The number of rotatable bonds is 4. The topological polar surface area (TPSA) is 36.9 Å². The molecule has 0 amide bonds. The van der Waals surface area contributed by atoms with E-state index < -0.39 is 29.7 Å². The molecular formula is C12H24B2O4. The van der Waals surface area contributed by atoms with Crippen LogP contribution in [0.25, 0.3) is 0 Å². The average Bonchev–Trinajstić information content (AvgIpc) is 2.33. The van der Waals surface area contributed by atoms with E-state index in [0.29, 0.717) is 0 Å². The van der Waals surface area contributed by atoms with E-state index >= 15 is 0 Å². The largest absolute Gasteiger partial charge is 0.640 e. The highest BCUT2D eigenvalue weighted by molar-refractivity contribution is 6.37. The zero-order valence-corrected chi connectivity index (χ0v) is 12.8. The molecule has 1 fully saturated rings. The Bertz CT molecular complexity index is 297. The summed E-state index contributed by atoms with van der Waals surface area (Å²) in [7, 11) is 4.59. The summed E-state index contributed by atoms with van der Waals surface area (Å²) >= 11 is 0. The summed E-state index contributed by atoms with van der Waals surface area (Å²) in [6.07, 6.45) is 0. The van der Waals surface area contributed by atoms with Gasteiger partial charge in [0.25, 0.3) is 8.05 Å². The molecule has 0 N–H and O–H groups in total. The van der Waals surface area contributed by atoms with Crippen LogP contribution < -0.4 is 0 Å². The van der Waals surface area contributed by atoms with Gasteiger partial charge in [0.1, 0.15) is 0 Å². The van der Waals surface area contributed by atoms with Crippen molar-refractivity contribution >= 4 is 15.4 Å². The first-order valence-corrected chi connectivity index (χ1v) is 6.26. The summed E-state index contributed by atoms with van der Waals surface area (Å²) in [5.74, 6) is 0. The highest BCUT2D eigenvalue weighted by Crippen LogP contribution is 2.39. The summed E-state index contributed by atoms with van der Waals surface area (Å²) in [6.45, 7) is 15.4. The van der Waals surface area contributed by atoms with Gasteiger partial charge in [-0.15, -0.1) is 0 Å². The first kappa shape index (κ1) is 16.0. The maximum Gasteiger partial charge on any atom is 0.640 e. The minimum absolute atomic E-state index is 0.415. The molecular weight excluding hydrogens is 230 g/mol. The molecule has 1 aliphatic heterocycles. The van der Waals surface area contributed by atoms with Gasteiger partial charge in [-0.2, -0.15) is 0 Å². The van der Waals surface area contributed by atoms with Crippen molar-refractivity contribution in [3.63, 3.8) is 0 Å². The lowest BCUT2D eigenvalue weighted by Gasteiger charge is -2.41. The molecule has 1 aliphatic rings. The average molecular weight is 254 g/mol. The first-order valence-electron chi connectivity index (χ1n) is 6.26. The highest BCUT2D eigenvalue weighted by Gasteiger charge is 2.55. The Morgan fingerprint density at radius 2 is 1.28 bits per heavy atom. The van der Waals surface area contributed by atoms with E-state index in [4.69, 9.17) is 26.7 Å². The van der Waals surface area contributed by atoms with E-state index in [1.807, 2.05) is 55.4 Å². The zero-order chi connectivity index (χ0) is 14.4. The van der Waals surface area contributed by atoms with Crippen LogP contribution in [-0.4, -0.2) is 37.8 Å². The third-order valence-corrected chi connectivity index (χ3v) is 4.37. The molecule has 18 heavy (non-hydrogen) atoms. The molecule has 0 unspecified atom stereocenters. The molecule has 0 spiro atoms. The normalized spacial score (nSPS) is 23.4. The minimum Gasteiger partial charge on any atom is -0.440 e. The Balaban J connectivity index is 2.77. The predicted molar refractivity (Wildman–Crippen MR) is 72.2 cm³/mol. The van der Waals surface area contributed by atoms with Gasteiger partial charge in [-0.3, -0.25) is 0 Å². The molecule has 2 radical (unpaired) electrons. The molecule has 0 aromatic rings. The van der Waals surface area contributed by atoms with Crippen molar-refractivity contribution in [1.82, 2.24) is 0 Å². The Labute approximate surface area is 112 Å². The van der Waals surface area contributed by atoms with E-state index in [-0.39, 0.29) is 0 Å². The Morgan fingerprint density at radius 1 is 0.889 bits per heavy atom. The fourth-order valence-corrected chi connectivity index (χ4v) is 1.36. The maximum absolute atomic E-state index is 5.88. The third kappa shape index (κ3) is 2.77. The lowest BCUT2D eigenvalue weighted by molar-refractivity contribution is -0.0939. The van der Waals surface area contributed by atoms with Crippen molar-refractivity contribution in [2.75, 3.05) is 0 Å². The SMILES string of the molecule is [B]OC(C)(C)C(C)(C)OB1OC(C)(C)C(C)(C)O1. The van der Waals surface area contributed by atoms with E-state index in [0.717, 1.165) is 0 Å². The van der Waals surface area contributed by atoms with Crippen molar-refractivity contribution < 1.29 is 18.6 Å². The first-order chi connectivity index (χ1) is 7.85. The van der Waals surface area contributed by atoms with Crippen LogP contribution in [0, 0.1) is 0 Å². The van der Waals surface area contributed by atoms with Crippen LogP contribution in [0.5, 0.6) is 0 Å². The zero-order valence-electron chi connectivity index (χ0n) is 12.8. The molecule has 1 heterocycles. The van der Waals surface area contributed by atoms with Crippen molar-refractivity contribution in [2.45, 2.75) is 77.8 Å². The number of hydrogen-bond donors (Lipinski definition) is 0. The van der Waals surface area contributed by atoms with E-state index in [1.54, 1.807) is 0 Å². The van der Waals surface area contributed by atoms with Gasteiger partial charge in [0.2, 0.25) is 0 Å². The van der Waals surface area contributed by atoms with Crippen LogP contribution in [0.1, 0.15) is 55.4 Å². The van der Waals surface area contributed by atoms with Crippen molar-refractivity contribution in [3.05, 3.63) is 0 Å². The molecule has 0 aliphatic carbocycles. The summed E-state index contributed by atoms with van der Waals surface area (Å²) in [5.41, 5.74) is -2.14. The van der Waals surface area contributed by atoms with Gasteiger partial charge in [-0.25, -0.2) is 0 Å². The Kier molecular flexibility index (Phi) is 4.02. The molecule has 102 valence electrons. The van der Waals surface area contributed by atoms with Gasteiger partial charge in [0, 0.05) is 0 Å². The van der Waals surface area contributed by atoms with E-state index in [2.05, 4.69) is 0 Å². The van der Waals surface area contributed by atoms with Gasteiger partial charge < -0.3 is 18.6 Å². The molecule has 0 bridgehead atoms. The molecule has 4 nitrogen and oxygen atoms in total. The van der Waals surface area contributed by atoms with Crippen LogP contribution in [0.3, 0.4) is 0 Å². The second-order valence-corrected chi connectivity index (χ2v) is 6.80. The van der Waals surface area contributed by atoms with E-state index in [1.165, 1.54) is 0 Å². The standard InChI is InChI=1S/C12H24B2O4/c1-9(2,15-13)10(3,4)16-14-17-11(5,6)12(7,8)18-14/h1-8H3. The minimum atomic E-state index is -0.723. The monoisotopic (exact) mass is 254 g/mol. The van der Waals surface area contributed by atoms with Crippen LogP contribution in [0.2, 0.25) is 0 Å². The van der Waals surface area contributed by atoms with Gasteiger partial charge >= 0.3 is 7.32 Å². The Morgan fingerprint density at radius 3 is 1.61 bits per heavy atom. The summed E-state index contributed by atoms with van der Waals surface area (Å²) in [6, 6.07) is 0. The summed E-state index contributed by atoms with van der Waals surface area (Å²) in [4.78, 5) is 0. The third-order valence-electron chi connectivity index (χ3n) is 4.37. The lowest BCUT2D eigenvalue weighted by atomic mass is 9.87. The molecule has 0 aromatic carbocycles. The molecule has 0 atom stereocenters. The van der Waals surface area contributed by atoms with Crippen molar-refractivity contribution in [3.8, 4) is 0 Å². The van der Waals surface area contributed by atoms with Crippen molar-refractivity contribution in [2.24, 2.45) is 0 Å².